The maximum absolute atomic E-state index is 8.52. The average molecular weight is 214 g/mol. The largest absolute Gasteiger partial charge is 2.00 e. The molecule has 0 unspecified atom stereocenters. The van der Waals surface area contributed by atoms with Crippen molar-refractivity contribution in [3.8, 4) is 0 Å². The molecule has 0 aliphatic heterocycles. The Hall–Kier alpha value is 0.870. The second kappa shape index (κ2) is 5.02. The van der Waals surface area contributed by atoms with Crippen LogP contribution in [-0.4, -0.2) is 17.5 Å². The Morgan fingerprint density at radius 1 is 1.14 bits per heavy atom. The van der Waals surface area contributed by atoms with Crippen LogP contribution in [0.3, 0.4) is 0 Å². The molecule has 7 heteroatoms. The minimum atomic E-state index is -5.17. The van der Waals surface area contributed by atoms with Crippen LogP contribution in [0, 0.1) is 0 Å². The molecule has 0 aromatic heterocycles. The first-order chi connectivity index (χ1) is 2.00. The molecule has 4 nitrogen and oxygen atoms in total. The van der Waals surface area contributed by atoms with Crippen LogP contribution in [0.4, 0.5) is 0 Å². The van der Waals surface area contributed by atoms with E-state index in [9.17, 15) is 0 Å². The van der Waals surface area contributed by atoms with Crippen molar-refractivity contribution in [2.45, 2.75) is 0 Å². The van der Waals surface area contributed by atoms with Crippen LogP contribution >= 0.6 is 0 Å². The van der Waals surface area contributed by atoms with Gasteiger partial charge in [-0.15, -0.1) is 0 Å². The van der Waals surface area contributed by atoms with Gasteiger partial charge in [0.2, 0.25) is 0 Å². The SMILES string of the molecule is O=S(=O)([O-])[O-].[Co+2].[Ni]. The van der Waals surface area contributed by atoms with E-state index in [1.165, 1.54) is 0 Å². The predicted molar refractivity (Wildman–Crippen MR) is 10.5 cm³/mol. The predicted octanol–water partition coefficient (Wildman–Crippen LogP) is -1.34. The molecule has 0 heterocycles. The van der Waals surface area contributed by atoms with Crippen molar-refractivity contribution in [3.05, 3.63) is 0 Å². The quantitative estimate of drug-likeness (QED) is 0.283. The zero-order valence-electron chi connectivity index (χ0n) is 2.69. The summed E-state index contributed by atoms with van der Waals surface area (Å²) in [5, 5.41) is 0. The van der Waals surface area contributed by atoms with Gasteiger partial charge in [0, 0.05) is 26.9 Å². The number of hydrogen-bond donors (Lipinski definition) is 0. The van der Waals surface area contributed by atoms with Crippen LogP contribution in [0.2, 0.25) is 0 Å². The van der Waals surface area contributed by atoms with Gasteiger partial charge in [-0.25, -0.2) is 0 Å². The monoisotopic (exact) mass is 213 g/mol. The fourth-order valence-corrected chi connectivity index (χ4v) is 0. The summed E-state index contributed by atoms with van der Waals surface area (Å²) >= 11 is 0. The molecule has 0 aromatic rings. The molecular formula is CoNiO4S. The van der Waals surface area contributed by atoms with E-state index in [1.807, 2.05) is 0 Å². The molecule has 0 fully saturated rings. The van der Waals surface area contributed by atoms with E-state index in [-0.39, 0.29) is 33.3 Å². The topological polar surface area (TPSA) is 80.3 Å². The zero-order valence-corrected chi connectivity index (χ0v) is 5.54. The standard InChI is InChI=1S/Co.Ni.H2O4S/c;;1-5(2,3)4/h;;(H2,1,2,3,4)/q+2;;/p-2. The van der Waals surface area contributed by atoms with Crippen molar-refractivity contribution < 1.29 is 50.8 Å². The molecule has 0 atom stereocenters. The maximum Gasteiger partial charge on any atom is 2.00 e. The minimum absolute atomic E-state index is 0. The van der Waals surface area contributed by atoms with Crippen molar-refractivity contribution in [2.75, 3.05) is 0 Å². The first-order valence-corrected chi connectivity index (χ1v) is 2.00. The van der Waals surface area contributed by atoms with E-state index >= 15 is 0 Å². The maximum atomic E-state index is 8.52. The molecule has 0 spiro atoms. The molecule has 0 amide bonds. The summed E-state index contributed by atoms with van der Waals surface area (Å²) in [6.45, 7) is 0. The molecule has 49 valence electrons. The summed E-state index contributed by atoms with van der Waals surface area (Å²) in [5.41, 5.74) is 0. The van der Waals surface area contributed by atoms with Crippen molar-refractivity contribution in [1.29, 1.82) is 0 Å². The van der Waals surface area contributed by atoms with Gasteiger partial charge in [-0.3, -0.25) is 8.42 Å². The number of hydrogen-bond acceptors (Lipinski definition) is 4. The molecule has 7 heavy (non-hydrogen) atoms. The molecular weight excluding hydrogens is 214 g/mol. The first kappa shape index (κ1) is 15.7. The van der Waals surface area contributed by atoms with E-state index in [0.717, 1.165) is 0 Å². The molecule has 0 aliphatic rings. The Labute approximate surface area is 61.4 Å². The zero-order chi connectivity index (χ0) is 4.50. The van der Waals surface area contributed by atoms with Crippen molar-refractivity contribution in [2.24, 2.45) is 0 Å². The van der Waals surface area contributed by atoms with Crippen molar-refractivity contribution in [1.82, 2.24) is 0 Å². The van der Waals surface area contributed by atoms with Crippen LogP contribution in [0.5, 0.6) is 0 Å². The van der Waals surface area contributed by atoms with Gasteiger partial charge < -0.3 is 9.11 Å². The van der Waals surface area contributed by atoms with Gasteiger partial charge in [-0.1, -0.05) is 0 Å². The van der Waals surface area contributed by atoms with Gasteiger partial charge in [0.1, 0.15) is 0 Å². The van der Waals surface area contributed by atoms with Crippen molar-refractivity contribution >= 4 is 10.4 Å². The van der Waals surface area contributed by atoms with E-state index in [0.29, 0.717) is 0 Å². The summed E-state index contributed by atoms with van der Waals surface area (Å²) in [6.07, 6.45) is 0. The summed E-state index contributed by atoms with van der Waals surface area (Å²) in [7, 11) is -5.17. The molecule has 0 rings (SSSR count). The van der Waals surface area contributed by atoms with Crippen LogP contribution in [-0.2, 0) is 43.7 Å². The first-order valence-electron chi connectivity index (χ1n) is 0.667. The van der Waals surface area contributed by atoms with Crippen molar-refractivity contribution in [3.63, 3.8) is 0 Å². The third-order valence-electron chi connectivity index (χ3n) is 0. The van der Waals surface area contributed by atoms with Gasteiger partial charge in [-0.05, 0) is 0 Å². The van der Waals surface area contributed by atoms with Crippen LogP contribution < -0.4 is 0 Å². The molecule has 0 saturated carbocycles. The normalized spacial score (nSPS) is 8.29. The van der Waals surface area contributed by atoms with Gasteiger partial charge in [0.25, 0.3) is 0 Å². The van der Waals surface area contributed by atoms with Gasteiger partial charge in [-0.2, -0.15) is 0 Å². The Balaban J connectivity index is -0.0000000800. The molecule has 0 aliphatic carbocycles. The second-order valence-corrected chi connectivity index (χ2v) is 1.22. The summed E-state index contributed by atoms with van der Waals surface area (Å²) in [4.78, 5) is 0. The Bertz CT molecular complexity index is 94.9. The summed E-state index contributed by atoms with van der Waals surface area (Å²) in [6, 6.07) is 0. The Morgan fingerprint density at radius 3 is 1.14 bits per heavy atom. The molecule has 0 saturated heterocycles. The van der Waals surface area contributed by atoms with E-state index in [2.05, 4.69) is 0 Å². The molecule has 0 bridgehead atoms. The van der Waals surface area contributed by atoms with Gasteiger partial charge >= 0.3 is 16.8 Å². The molecule has 0 aromatic carbocycles. The number of rotatable bonds is 0. The van der Waals surface area contributed by atoms with E-state index in [4.69, 9.17) is 17.5 Å². The van der Waals surface area contributed by atoms with Crippen LogP contribution in [0.1, 0.15) is 0 Å². The minimum Gasteiger partial charge on any atom is -0.759 e. The van der Waals surface area contributed by atoms with Gasteiger partial charge in [0.05, 0.1) is 0 Å². The van der Waals surface area contributed by atoms with Crippen LogP contribution in [0.25, 0.3) is 0 Å². The molecule has 0 N–H and O–H groups in total. The average Bonchev–Trinajstić information content (AvgIpc) is 0.722. The smallest absolute Gasteiger partial charge is 0.759 e. The summed E-state index contributed by atoms with van der Waals surface area (Å²) in [5.74, 6) is 0. The fraction of sp³-hybridized carbons (Fsp3) is 0. The van der Waals surface area contributed by atoms with Crippen LogP contribution in [0.15, 0.2) is 0 Å². The molecule has 1 radical (unpaired) electrons. The van der Waals surface area contributed by atoms with Gasteiger partial charge in [0.15, 0.2) is 0 Å². The van der Waals surface area contributed by atoms with E-state index in [1.54, 1.807) is 0 Å². The Kier molecular flexibility index (Phi) is 11.2. The summed E-state index contributed by atoms with van der Waals surface area (Å²) < 4.78 is 34.1. The second-order valence-electron chi connectivity index (χ2n) is 0.408. The fourth-order valence-electron chi connectivity index (χ4n) is 0. The third-order valence-corrected chi connectivity index (χ3v) is 0. The third kappa shape index (κ3) is 215. The Morgan fingerprint density at radius 2 is 1.14 bits per heavy atom. The van der Waals surface area contributed by atoms with E-state index < -0.39 is 10.4 Å².